The summed E-state index contributed by atoms with van der Waals surface area (Å²) in [5.41, 5.74) is -1.41. The van der Waals surface area contributed by atoms with E-state index in [4.69, 9.17) is 11.6 Å². The molecule has 12 heavy (non-hydrogen) atoms. The van der Waals surface area contributed by atoms with Crippen molar-refractivity contribution in [2.75, 3.05) is 0 Å². The standard InChI is InChI=1S/C7H3ClF4/c8-4-2-1-3-5(9)6(4)7(10,11)12/h1-3H. The third-order valence-corrected chi connectivity index (χ3v) is 1.56. The van der Waals surface area contributed by atoms with Crippen molar-refractivity contribution < 1.29 is 17.6 Å². The summed E-state index contributed by atoms with van der Waals surface area (Å²) in [5.74, 6) is -1.35. The SMILES string of the molecule is Fc1cccc(Cl)c1C(F)(F)F. The maximum atomic E-state index is 12.5. The van der Waals surface area contributed by atoms with Gasteiger partial charge in [0.2, 0.25) is 0 Å². The van der Waals surface area contributed by atoms with Gasteiger partial charge in [0, 0.05) is 0 Å². The fourth-order valence-corrected chi connectivity index (χ4v) is 1.04. The molecule has 0 bridgehead atoms. The molecule has 0 nitrogen and oxygen atoms in total. The molecule has 0 spiro atoms. The Balaban J connectivity index is 3.31. The molecule has 0 N–H and O–H groups in total. The van der Waals surface area contributed by atoms with Gasteiger partial charge in [0.15, 0.2) is 0 Å². The maximum Gasteiger partial charge on any atom is 0.420 e. The lowest BCUT2D eigenvalue weighted by Gasteiger charge is -2.08. The summed E-state index contributed by atoms with van der Waals surface area (Å²) in [6, 6.07) is 2.83. The Morgan fingerprint density at radius 1 is 1.17 bits per heavy atom. The van der Waals surface area contributed by atoms with E-state index in [1.165, 1.54) is 0 Å². The molecule has 1 aromatic rings. The van der Waals surface area contributed by atoms with Crippen LogP contribution in [0, 0.1) is 5.82 Å². The number of halogens is 5. The van der Waals surface area contributed by atoms with Crippen molar-refractivity contribution in [3.05, 3.63) is 34.6 Å². The van der Waals surface area contributed by atoms with Crippen molar-refractivity contribution in [3.8, 4) is 0 Å². The highest BCUT2D eigenvalue weighted by molar-refractivity contribution is 6.31. The quantitative estimate of drug-likeness (QED) is 0.560. The molecule has 0 amide bonds. The van der Waals surface area contributed by atoms with Gasteiger partial charge in [-0.15, -0.1) is 0 Å². The zero-order valence-electron chi connectivity index (χ0n) is 5.62. The minimum Gasteiger partial charge on any atom is -0.206 e. The molecule has 1 rings (SSSR count). The molecule has 0 saturated heterocycles. The van der Waals surface area contributed by atoms with E-state index in [2.05, 4.69) is 0 Å². The lowest BCUT2D eigenvalue weighted by Crippen LogP contribution is -2.08. The van der Waals surface area contributed by atoms with Gasteiger partial charge in [0.25, 0.3) is 0 Å². The lowest BCUT2D eigenvalue weighted by atomic mass is 10.2. The monoisotopic (exact) mass is 198 g/mol. The van der Waals surface area contributed by atoms with Gasteiger partial charge in [-0.3, -0.25) is 0 Å². The van der Waals surface area contributed by atoms with Crippen LogP contribution in [-0.4, -0.2) is 0 Å². The second-order valence-corrected chi connectivity index (χ2v) is 2.50. The van der Waals surface area contributed by atoms with Crippen LogP contribution in [-0.2, 0) is 6.18 Å². The predicted octanol–water partition coefficient (Wildman–Crippen LogP) is 3.50. The molecule has 0 heterocycles. The molecule has 5 heteroatoms. The molecule has 66 valence electrons. The van der Waals surface area contributed by atoms with Crippen LogP contribution in [0.15, 0.2) is 18.2 Å². The topological polar surface area (TPSA) is 0 Å². The van der Waals surface area contributed by atoms with Crippen molar-refractivity contribution in [1.29, 1.82) is 0 Å². The first kappa shape index (κ1) is 9.32. The molecule has 0 fully saturated rings. The number of benzene rings is 1. The van der Waals surface area contributed by atoms with Crippen molar-refractivity contribution >= 4 is 11.6 Å². The van der Waals surface area contributed by atoms with Gasteiger partial charge in [-0.05, 0) is 12.1 Å². The van der Waals surface area contributed by atoms with E-state index < -0.39 is 22.6 Å². The molecule has 0 unspecified atom stereocenters. The Morgan fingerprint density at radius 2 is 1.75 bits per heavy atom. The molecule has 0 aliphatic heterocycles. The summed E-state index contributed by atoms with van der Waals surface area (Å²) in [5, 5.41) is -0.623. The average Bonchev–Trinajstić information content (AvgIpc) is 1.82. The van der Waals surface area contributed by atoms with Gasteiger partial charge in [0.1, 0.15) is 11.4 Å². The molecule has 0 aliphatic carbocycles. The largest absolute Gasteiger partial charge is 0.420 e. The van der Waals surface area contributed by atoms with Crippen LogP contribution in [0.25, 0.3) is 0 Å². The Kier molecular flexibility index (Phi) is 2.28. The summed E-state index contributed by atoms with van der Waals surface area (Å²) in [7, 11) is 0. The second kappa shape index (κ2) is 2.94. The molecular weight excluding hydrogens is 196 g/mol. The fourth-order valence-electron chi connectivity index (χ4n) is 0.769. The van der Waals surface area contributed by atoms with Crippen molar-refractivity contribution in [2.24, 2.45) is 0 Å². The fraction of sp³-hybridized carbons (Fsp3) is 0.143. The smallest absolute Gasteiger partial charge is 0.206 e. The normalized spacial score (nSPS) is 11.8. The maximum absolute atomic E-state index is 12.5. The highest BCUT2D eigenvalue weighted by Crippen LogP contribution is 2.36. The number of hydrogen-bond donors (Lipinski definition) is 0. The van der Waals surface area contributed by atoms with E-state index in [0.717, 1.165) is 12.1 Å². The highest BCUT2D eigenvalue weighted by atomic mass is 35.5. The van der Waals surface area contributed by atoms with E-state index in [0.29, 0.717) is 6.07 Å². The molecule has 1 aromatic carbocycles. The first-order valence-corrected chi connectivity index (χ1v) is 3.32. The lowest BCUT2D eigenvalue weighted by molar-refractivity contribution is -0.139. The third-order valence-electron chi connectivity index (χ3n) is 1.25. The summed E-state index contributed by atoms with van der Waals surface area (Å²) in [4.78, 5) is 0. The van der Waals surface area contributed by atoms with Gasteiger partial charge >= 0.3 is 6.18 Å². The van der Waals surface area contributed by atoms with Gasteiger partial charge in [-0.1, -0.05) is 17.7 Å². The van der Waals surface area contributed by atoms with E-state index in [1.54, 1.807) is 0 Å². The Bertz CT molecular complexity index is 272. The highest BCUT2D eigenvalue weighted by Gasteiger charge is 2.36. The third kappa shape index (κ3) is 1.69. The second-order valence-electron chi connectivity index (χ2n) is 2.09. The van der Waals surface area contributed by atoms with Gasteiger partial charge in [-0.2, -0.15) is 13.2 Å². The minimum atomic E-state index is -4.73. The Morgan fingerprint density at radius 3 is 2.08 bits per heavy atom. The van der Waals surface area contributed by atoms with Gasteiger partial charge in [-0.25, -0.2) is 4.39 Å². The van der Waals surface area contributed by atoms with E-state index >= 15 is 0 Å². The predicted molar refractivity (Wildman–Crippen MR) is 36.4 cm³/mol. The number of rotatable bonds is 0. The summed E-state index contributed by atoms with van der Waals surface area (Å²) < 4.78 is 48.5. The van der Waals surface area contributed by atoms with Crippen molar-refractivity contribution in [1.82, 2.24) is 0 Å². The molecule has 0 radical (unpaired) electrons. The van der Waals surface area contributed by atoms with Crippen molar-refractivity contribution in [3.63, 3.8) is 0 Å². The van der Waals surface area contributed by atoms with Crippen LogP contribution in [0.3, 0.4) is 0 Å². The van der Waals surface area contributed by atoms with E-state index in [-0.39, 0.29) is 0 Å². The number of hydrogen-bond acceptors (Lipinski definition) is 0. The zero-order valence-corrected chi connectivity index (χ0v) is 6.38. The first-order valence-electron chi connectivity index (χ1n) is 2.94. The Hall–Kier alpha value is -0.770. The average molecular weight is 199 g/mol. The van der Waals surface area contributed by atoms with Crippen LogP contribution in [0.4, 0.5) is 17.6 Å². The zero-order chi connectivity index (χ0) is 9.35. The summed E-state index contributed by atoms with van der Waals surface area (Å²) in [6.07, 6.45) is -4.73. The first-order chi connectivity index (χ1) is 5.43. The van der Waals surface area contributed by atoms with Crippen LogP contribution in [0.1, 0.15) is 5.56 Å². The van der Waals surface area contributed by atoms with Crippen molar-refractivity contribution in [2.45, 2.75) is 6.18 Å². The van der Waals surface area contributed by atoms with E-state index in [9.17, 15) is 17.6 Å². The molecular formula is C7H3ClF4. The van der Waals surface area contributed by atoms with E-state index in [1.807, 2.05) is 0 Å². The molecule has 0 atom stereocenters. The minimum absolute atomic E-state index is 0.623. The molecule has 0 saturated carbocycles. The summed E-state index contributed by atoms with van der Waals surface area (Å²) in [6.45, 7) is 0. The Labute approximate surface area is 70.8 Å². The van der Waals surface area contributed by atoms with Crippen LogP contribution in [0.5, 0.6) is 0 Å². The summed E-state index contributed by atoms with van der Waals surface area (Å²) >= 11 is 5.15. The van der Waals surface area contributed by atoms with Gasteiger partial charge < -0.3 is 0 Å². The van der Waals surface area contributed by atoms with Crippen LogP contribution >= 0.6 is 11.6 Å². The van der Waals surface area contributed by atoms with Crippen LogP contribution < -0.4 is 0 Å². The molecule has 0 aliphatic rings. The van der Waals surface area contributed by atoms with Crippen LogP contribution in [0.2, 0.25) is 5.02 Å². The van der Waals surface area contributed by atoms with Gasteiger partial charge in [0.05, 0.1) is 5.02 Å². The number of alkyl halides is 3. The molecule has 0 aromatic heterocycles.